The summed E-state index contributed by atoms with van der Waals surface area (Å²) in [5, 5.41) is 33.2. The highest BCUT2D eigenvalue weighted by atomic mass is 79.9. The molecule has 37 heavy (non-hydrogen) atoms. The van der Waals surface area contributed by atoms with Crippen LogP contribution in [0.4, 0.5) is 0 Å². The van der Waals surface area contributed by atoms with E-state index in [9.17, 15) is 24.9 Å². The Morgan fingerprint density at radius 2 is 1.30 bits per heavy atom. The zero-order chi connectivity index (χ0) is 27.2. The smallest absolute Gasteiger partial charge is 0.341 e. The third-order valence-corrected chi connectivity index (χ3v) is 8.95. The fourth-order valence-corrected chi connectivity index (χ4v) is 6.94. The topological polar surface area (TPSA) is 104 Å². The molecule has 0 saturated carbocycles. The Morgan fingerprint density at radius 3 is 1.70 bits per heavy atom. The normalized spacial score (nSPS) is 13.9. The SMILES string of the molecule is CCc1cc(CC)c(Br)c(C2(c3c(O)c(CC)cc(CC)c3Br)OC(=O)c3c(C(=O)O)cccc32)c1O. The lowest BCUT2D eigenvalue weighted by atomic mass is 9.75. The Labute approximate surface area is 232 Å². The van der Waals surface area contributed by atoms with Crippen molar-refractivity contribution in [3.05, 3.63) is 89.3 Å². The molecule has 0 amide bonds. The summed E-state index contributed by atoms with van der Waals surface area (Å²) in [5.74, 6) is -2.28. The number of phenolic OH excluding ortho intramolecular Hbond substituents is 2. The molecule has 0 radical (unpaired) electrons. The van der Waals surface area contributed by atoms with Crippen LogP contribution in [-0.2, 0) is 36.0 Å². The average Bonchev–Trinajstić information content (AvgIpc) is 3.17. The molecule has 1 aliphatic rings. The van der Waals surface area contributed by atoms with Crippen molar-refractivity contribution in [2.24, 2.45) is 0 Å². The predicted octanol–water partition coefficient (Wildman–Crippen LogP) is 7.03. The Hall–Kier alpha value is -2.84. The van der Waals surface area contributed by atoms with Gasteiger partial charge >= 0.3 is 11.9 Å². The van der Waals surface area contributed by atoms with E-state index in [4.69, 9.17) is 4.74 Å². The molecule has 8 heteroatoms. The van der Waals surface area contributed by atoms with Gasteiger partial charge in [0.25, 0.3) is 0 Å². The molecule has 3 aromatic carbocycles. The molecular formula is C29H28Br2O6. The van der Waals surface area contributed by atoms with Crippen LogP contribution in [0, 0.1) is 0 Å². The van der Waals surface area contributed by atoms with Gasteiger partial charge in [-0.1, -0.05) is 52.0 Å². The van der Waals surface area contributed by atoms with Gasteiger partial charge in [-0.25, -0.2) is 9.59 Å². The van der Waals surface area contributed by atoms with Crippen LogP contribution >= 0.6 is 31.9 Å². The Bertz CT molecular complexity index is 1320. The number of carbonyl (C=O) groups excluding carboxylic acids is 1. The summed E-state index contributed by atoms with van der Waals surface area (Å²) < 4.78 is 7.27. The quantitative estimate of drug-likeness (QED) is 0.242. The second-order valence-electron chi connectivity index (χ2n) is 8.98. The van der Waals surface area contributed by atoms with Gasteiger partial charge in [-0.2, -0.15) is 0 Å². The summed E-state index contributed by atoms with van der Waals surface area (Å²) in [4.78, 5) is 25.7. The lowest BCUT2D eigenvalue weighted by molar-refractivity contribution is 0.0231. The molecule has 0 atom stereocenters. The lowest BCUT2D eigenvalue weighted by Crippen LogP contribution is -2.32. The van der Waals surface area contributed by atoms with E-state index < -0.39 is 17.5 Å². The molecule has 0 aromatic heterocycles. The highest BCUT2D eigenvalue weighted by Gasteiger charge is 2.55. The maximum absolute atomic E-state index is 13.5. The number of carbonyl (C=O) groups is 2. The van der Waals surface area contributed by atoms with Crippen molar-refractivity contribution in [3.63, 3.8) is 0 Å². The molecule has 0 bridgehead atoms. The van der Waals surface area contributed by atoms with Gasteiger partial charge in [0.05, 0.1) is 22.3 Å². The van der Waals surface area contributed by atoms with E-state index in [1.165, 1.54) is 6.07 Å². The number of aromatic hydroxyl groups is 2. The van der Waals surface area contributed by atoms with E-state index in [1.807, 2.05) is 39.8 Å². The number of esters is 1. The van der Waals surface area contributed by atoms with Crippen LogP contribution in [0.1, 0.15) is 87.4 Å². The van der Waals surface area contributed by atoms with Gasteiger partial charge in [-0.15, -0.1) is 0 Å². The molecule has 3 N–H and O–H groups in total. The van der Waals surface area contributed by atoms with Gasteiger partial charge in [-0.05, 0) is 85.9 Å². The zero-order valence-electron chi connectivity index (χ0n) is 21.0. The van der Waals surface area contributed by atoms with Crippen molar-refractivity contribution in [1.82, 2.24) is 0 Å². The Morgan fingerprint density at radius 1 is 0.838 bits per heavy atom. The van der Waals surface area contributed by atoms with Gasteiger partial charge < -0.3 is 20.1 Å². The number of aromatic carboxylic acids is 1. The number of hydrogen-bond acceptors (Lipinski definition) is 5. The van der Waals surface area contributed by atoms with Crippen molar-refractivity contribution in [2.45, 2.75) is 59.0 Å². The van der Waals surface area contributed by atoms with Gasteiger partial charge in [0.1, 0.15) is 11.5 Å². The van der Waals surface area contributed by atoms with Crippen molar-refractivity contribution in [3.8, 4) is 11.5 Å². The minimum Gasteiger partial charge on any atom is -0.507 e. The largest absolute Gasteiger partial charge is 0.507 e. The number of rotatable bonds is 7. The summed E-state index contributed by atoms with van der Waals surface area (Å²) in [6.45, 7) is 7.78. The van der Waals surface area contributed by atoms with Crippen molar-refractivity contribution < 1.29 is 29.6 Å². The number of aryl methyl sites for hydroxylation is 4. The van der Waals surface area contributed by atoms with Crippen LogP contribution in [0.2, 0.25) is 0 Å². The summed E-state index contributed by atoms with van der Waals surface area (Å²) in [6, 6.07) is 8.32. The molecular weight excluding hydrogens is 604 g/mol. The van der Waals surface area contributed by atoms with Crippen LogP contribution in [-0.4, -0.2) is 27.3 Å². The number of cyclic esters (lactones) is 1. The molecule has 6 nitrogen and oxygen atoms in total. The highest BCUT2D eigenvalue weighted by molar-refractivity contribution is 9.11. The second kappa shape index (κ2) is 10.1. The summed E-state index contributed by atoms with van der Waals surface area (Å²) in [5.41, 5.74) is 1.66. The first-order valence-electron chi connectivity index (χ1n) is 12.3. The zero-order valence-corrected chi connectivity index (χ0v) is 24.2. The number of carboxylic acids is 1. The first-order chi connectivity index (χ1) is 17.6. The molecule has 0 unspecified atom stereocenters. The van der Waals surface area contributed by atoms with E-state index in [2.05, 4.69) is 31.9 Å². The molecule has 0 fully saturated rings. The monoisotopic (exact) mass is 630 g/mol. The maximum atomic E-state index is 13.5. The maximum Gasteiger partial charge on any atom is 0.341 e. The van der Waals surface area contributed by atoms with E-state index in [1.54, 1.807) is 12.1 Å². The minimum absolute atomic E-state index is 0.0841. The van der Waals surface area contributed by atoms with Gasteiger partial charge in [0, 0.05) is 14.5 Å². The predicted molar refractivity (Wildman–Crippen MR) is 148 cm³/mol. The van der Waals surface area contributed by atoms with Crippen molar-refractivity contribution in [2.75, 3.05) is 0 Å². The fraction of sp³-hybridized carbons (Fsp3) is 0.310. The first-order valence-corrected chi connectivity index (χ1v) is 13.8. The molecule has 194 valence electrons. The van der Waals surface area contributed by atoms with Crippen LogP contribution in [0.5, 0.6) is 11.5 Å². The molecule has 4 rings (SSSR count). The van der Waals surface area contributed by atoms with Crippen LogP contribution in [0.15, 0.2) is 39.3 Å². The van der Waals surface area contributed by atoms with Gasteiger partial charge in [0.2, 0.25) is 0 Å². The van der Waals surface area contributed by atoms with E-state index >= 15 is 0 Å². The number of hydrogen-bond donors (Lipinski definition) is 3. The number of ether oxygens (including phenoxy) is 1. The Kier molecular flexibility index (Phi) is 7.45. The standard InChI is InChI=1S/C29H28Br2O6/c1-5-14-12-16(7-3)25(32)21(23(14)30)29(22-24(31)15(6-2)13-17(8-4)26(22)33)19-11-9-10-18(27(34)35)20(19)28(36)37-29/h9-13,32-33H,5-8H2,1-4H3,(H,34,35). The molecule has 0 spiro atoms. The van der Waals surface area contributed by atoms with Crippen LogP contribution in [0.3, 0.4) is 0 Å². The van der Waals surface area contributed by atoms with Crippen molar-refractivity contribution >= 4 is 43.8 Å². The molecule has 1 aliphatic heterocycles. The fourth-order valence-electron chi connectivity index (χ4n) is 5.22. The van der Waals surface area contributed by atoms with Crippen molar-refractivity contribution in [1.29, 1.82) is 0 Å². The third-order valence-electron chi connectivity index (χ3n) is 7.13. The average molecular weight is 632 g/mol. The second-order valence-corrected chi connectivity index (χ2v) is 10.6. The third kappa shape index (κ3) is 3.96. The molecule has 0 saturated heterocycles. The first kappa shape index (κ1) is 27.2. The van der Waals surface area contributed by atoms with E-state index in [0.717, 1.165) is 11.1 Å². The number of fused-ring (bicyclic) bond motifs is 1. The summed E-state index contributed by atoms with van der Waals surface area (Å²) in [6.07, 6.45) is 2.26. The number of phenols is 2. The Balaban J connectivity index is 2.33. The molecule has 3 aromatic rings. The van der Waals surface area contributed by atoms with Gasteiger partial charge in [0.15, 0.2) is 5.60 Å². The number of halogens is 2. The number of carboxylic acid groups (broad SMARTS) is 1. The van der Waals surface area contributed by atoms with Crippen LogP contribution in [0.25, 0.3) is 0 Å². The summed E-state index contributed by atoms with van der Waals surface area (Å²) >= 11 is 7.35. The van der Waals surface area contributed by atoms with Crippen LogP contribution < -0.4 is 0 Å². The van der Waals surface area contributed by atoms with Gasteiger partial charge in [-0.3, -0.25) is 0 Å². The van der Waals surface area contributed by atoms with E-state index in [0.29, 0.717) is 45.8 Å². The molecule has 0 aliphatic carbocycles. The summed E-state index contributed by atoms with van der Waals surface area (Å²) in [7, 11) is 0. The number of benzene rings is 3. The molecule has 1 heterocycles. The van der Waals surface area contributed by atoms with E-state index in [-0.39, 0.29) is 39.3 Å². The lowest BCUT2D eigenvalue weighted by Gasteiger charge is -2.35. The minimum atomic E-state index is -1.83. The highest BCUT2D eigenvalue weighted by Crippen LogP contribution is 2.58.